The summed E-state index contributed by atoms with van der Waals surface area (Å²) in [4.78, 5) is 38.7. The van der Waals surface area contributed by atoms with Crippen LogP contribution in [0, 0.1) is 5.82 Å². The molecule has 0 unspecified atom stereocenters. The number of ether oxygens (including phenoxy) is 1. The van der Waals surface area contributed by atoms with Crippen molar-refractivity contribution in [1.29, 1.82) is 0 Å². The Balaban J connectivity index is 1.72. The molecule has 2 aromatic heterocycles. The van der Waals surface area contributed by atoms with Crippen molar-refractivity contribution in [3.63, 3.8) is 0 Å². The molecule has 1 aliphatic heterocycles. The number of benzene rings is 2. The quantitative estimate of drug-likeness (QED) is 0.439. The molecule has 1 fully saturated rings. The fraction of sp³-hybridized carbons (Fsp3) is 0.240. The van der Waals surface area contributed by atoms with E-state index < -0.39 is 17.1 Å². The van der Waals surface area contributed by atoms with E-state index in [2.05, 4.69) is 4.98 Å². The van der Waals surface area contributed by atoms with Gasteiger partial charge < -0.3 is 14.5 Å². The predicted octanol–water partition coefficient (Wildman–Crippen LogP) is 2.92. The van der Waals surface area contributed by atoms with Crippen LogP contribution >= 0.6 is 0 Å². The molecule has 0 saturated carbocycles. The number of methoxy groups -OCH3 is 1. The van der Waals surface area contributed by atoms with Crippen LogP contribution in [0.25, 0.3) is 16.7 Å². The lowest BCUT2D eigenvalue weighted by atomic mass is 10.2. The van der Waals surface area contributed by atoms with Crippen molar-refractivity contribution >= 4 is 16.9 Å². The van der Waals surface area contributed by atoms with E-state index in [4.69, 9.17) is 9.57 Å². The van der Waals surface area contributed by atoms with Gasteiger partial charge in [0.25, 0.3) is 5.56 Å². The highest BCUT2D eigenvalue weighted by atomic mass is 19.1. The third kappa shape index (κ3) is 3.89. The summed E-state index contributed by atoms with van der Waals surface area (Å²) in [6, 6.07) is 17.0. The first kappa shape index (κ1) is 21.7. The summed E-state index contributed by atoms with van der Waals surface area (Å²) >= 11 is 0. The first-order valence-electron chi connectivity index (χ1n) is 11.0. The first-order valence-corrected chi connectivity index (χ1v) is 11.0. The Bertz CT molecular complexity index is 1440. The fourth-order valence-corrected chi connectivity index (χ4v) is 4.12. The molecule has 0 N–H and O–H groups in total. The lowest BCUT2D eigenvalue weighted by molar-refractivity contribution is 0.0789. The van der Waals surface area contributed by atoms with Gasteiger partial charge in [-0.05, 0) is 48.7 Å². The van der Waals surface area contributed by atoms with Gasteiger partial charge in [0.05, 0.1) is 18.2 Å². The Morgan fingerprint density at radius 3 is 2.38 bits per heavy atom. The maximum Gasteiger partial charge on any atom is 0.370 e. The number of fused-ring (bicyclic) bond motifs is 1. The largest absolute Gasteiger partial charge is 0.497 e. The molecule has 9 heteroatoms. The minimum Gasteiger partial charge on any atom is -0.497 e. The topological polar surface area (TPSA) is 78.6 Å². The van der Waals surface area contributed by atoms with E-state index in [0.717, 1.165) is 24.5 Å². The van der Waals surface area contributed by atoms with Gasteiger partial charge in [-0.25, -0.2) is 18.7 Å². The molecule has 34 heavy (non-hydrogen) atoms. The van der Waals surface area contributed by atoms with Gasteiger partial charge >= 0.3 is 5.69 Å². The summed E-state index contributed by atoms with van der Waals surface area (Å²) in [6.07, 6.45) is 1.86. The van der Waals surface area contributed by atoms with Crippen LogP contribution in [0.15, 0.2) is 70.3 Å². The highest BCUT2D eigenvalue weighted by molar-refractivity contribution is 5.78. The Hall–Kier alpha value is -4.14. The second-order valence-corrected chi connectivity index (χ2v) is 8.03. The van der Waals surface area contributed by atoms with Crippen molar-refractivity contribution < 1.29 is 14.0 Å². The van der Waals surface area contributed by atoms with E-state index >= 15 is 4.39 Å². The molecule has 174 valence electrons. The summed E-state index contributed by atoms with van der Waals surface area (Å²) in [5.74, 6) is 0.126. The Morgan fingerprint density at radius 1 is 1.00 bits per heavy atom. The molecule has 0 bridgehead atoms. The molecule has 3 heterocycles. The number of pyridine rings is 1. The van der Waals surface area contributed by atoms with Crippen LogP contribution < -0.4 is 25.7 Å². The molecule has 1 aliphatic rings. The van der Waals surface area contributed by atoms with Crippen LogP contribution in [0.2, 0.25) is 0 Å². The molecule has 2 aromatic carbocycles. The molecule has 4 aromatic rings. The van der Waals surface area contributed by atoms with Gasteiger partial charge in [0, 0.05) is 13.1 Å². The predicted molar refractivity (Wildman–Crippen MR) is 126 cm³/mol. The molecule has 0 aliphatic carbocycles. The summed E-state index contributed by atoms with van der Waals surface area (Å²) < 4.78 is 22.2. The lowest BCUT2D eigenvalue weighted by Crippen LogP contribution is -2.43. The zero-order valence-corrected chi connectivity index (χ0v) is 18.6. The van der Waals surface area contributed by atoms with Gasteiger partial charge in [-0.2, -0.15) is 0 Å². The van der Waals surface area contributed by atoms with Gasteiger partial charge in [0.15, 0.2) is 17.3 Å². The molecule has 0 atom stereocenters. The molecular weight excluding hydrogens is 439 g/mol. The number of hydrogen-bond donors (Lipinski definition) is 0. The normalized spacial score (nSPS) is 13.4. The third-order valence-electron chi connectivity index (χ3n) is 5.87. The Labute approximate surface area is 194 Å². The zero-order chi connectivity index (χ0) is 23.7. The van der Waals surface area contributed by atoms with Crippen molar-refractivity contribution in [2.24, 2.45) is 0 Å². The Morgan fingerprint density at radius 2 is 1.71 bits per heavy atom. The van der Waals surface area contributed by atoms with E-state index in [-0.39, 0.29) is 23.5 Å². The van der Waals surface area contributed by atoms with Crippen LogP contribution in [0.3, 0.4) is 0 Å². The standard InChI is InChI=1S/C25H23FN4O4/c1-33-19-11-9-18(10-12-19)29-22-20(15-21(26)23(27-22)28-13-5-6-14-28)24(31)30(25(29)32)34-16-17-7-3-2-4-8-17/h2-4,7-12,15H,5-6,13-14,16H2,1H3. The number of nitrogens with zero attached hydrogens (tertiary/aromatic N) is 4. The van der Waals surface area contributed by atoms with Gasteiger partial charge in [-0.3, -0.25) is 4.79 Å². The molecule has 5 rings (SSSR count). The minimum atomic E-state index is -0.764. The van der Waals surface area contributed by atoms with Crippen LogP contribution in [0.5, 0.6) is 5.75 Å². The van der Waals surface area contributed by atoms with Crippen molar-refractivity contribution in [1.82, 2.24) is 14.3 Å². The van der Waals surface area contributed by atoms with E-state index in [1.54, 1.807) is 31.4 Å². The van der Waals surface area contributed by atoms with Crippen LogP contribution in [-0.4, -0.2) is 34.5 Å². The summed E-state index contributed by atoms with van der Waals surface area (Å²) in [6.45, 7) is 1.32. The minimum absolute atomic E-state index is 0.00806. The molecule has 0 amide bonds. The highest BCUT2D eigenvalue weighted by Gasteiger charge is 2.23. The summed E-state index contributed by atoms with van der Waals surface area (Å²) in [7, 11) is 1.54. The number of anilines is 1. The van der Waals surface area contributed by atoms with E-state index in [9.17, 15) is 9.59 Å². The van der Waals surface area contributed by atoms with E-state index in [1.165, 1.54) is 4.57 Å². The van der Waals surface area contributed by atoms with Crippen molar-refractivity contribution in [2.75, 3.05) is 25.1 Å². The van der Waals surface area contributed by atoms with Crippen LogP contribution in [-0.2, 0) is 6.61 Å². The first-order chi connectivity index (χ1) is 16.6. The van der Waals surface area contributed by atoms with Gasteiger partial charge in [0.1, 0.15) is 12.4 Å². The van der Waals surface area contributed by atoms with Gasteiger partial charge in [0.2, 0.25) is 0 Å². The maximum atomic E-state index is 15.1. The van der Waals surface area contributed by atoms with Crippen LogP contribution in [0.4, 0.5) is 10.2 Å². The SMILES string of the molecule is COc1ccc(-n2c(=O)n(OCc3ccccc3)c(=O)c3cc(F)c(N4CCCC4)nc32)cc1. The van der Waals surface area contributed by atoms with Crippen molar-refractivity contribution in [2.45, 2.75) is 19.4 Å². The fourth-order valence-electron chi connectivity index (χ4n) is 4.12. The van der Waals surface area contributed by atoms with Crippen molar-refractivity contribution in [3.8, 4) is 11.4 Å². The zero-order valence-electron chi connectivity index (χ0n) is 18.6. The molecular formula is C25H23FN4O4. The van der Waals surface area contributed by atoms with E-state index in [0.29, 0.717) is 29.3 Å². The Kier molecular flexibility index (Phi) is 5.75. The molecule has 0 spiro atoms. The maximum absolute atomic E-state index is 15.1. The highest BCUT2D eigenvalue weighted by Crippen LogP contribution is 2.25. The number of hydrogen-bond acceptors (Lipinski definition) is 6. The van der Waals surface area contributed by atoms with Crippen LogP contribution in [0.1, 0.15) is 18.4 Å². The average molecular weight is 462 g/mol. The molecule has 8 nitrogen and oxygen atoms in total. The van der Waals surface area contributed by atoms with Gasteiger partial charge in [-0.15, -0.1) is 0 Å². The third-order valence-corrected chi connectivity index (χ3v) is 5.87. The van der Waals surface area contributed by atoms with Gasteiger partial charge in [-0.1, -0.05) is 35.1 Å². The smallest absolute Gasteiger partial charge is 0.370 e. The monoisotopic (exact) mass is 462 g/mol. The number of rotatable bonds is 6. The summed E-state index contributed by atoms with van der Waals surface area (Å²) in [5, 5.41) is -0.0519. The average Bonchev–Trinajstić information content (AvgIpc) is 3.40. The lowest BCUT2D eigenvalue weighted by Gasteiger charge is -2.19. The second-order valence-electron chi connectivity index (χ2n) is 8.03. The summed E-state index contributed by atoms with van der Waals surface area (Å²) in [5.41, 5.74) is -0.203. The molecule has 0 radical (unpaired) electrons. The number of aromatic nitrogens is 3. The molecule has 1 saturated heterocycles. The second kappa shape index (κ2) is 9.01. The van der Waals surface area contributed by atoms with E-state index in [1.807, 2.05) is 35.2 Å². The number of halogens is 1. The van der Waals surface area contributed by atoms with Crippen molar-refractivity contribution in [3.05, 3.63) is 92.9 Å².